The largest absolute Gasteiger partial charge is 0.509 e. The van der Waals surface area contributed by atoms with Crippen LogP contribution in [-0.2, 0) is 0 Å². The second-order valence-electron chi connectivity index (χ2n) is 7.05. The molecule has 1 aromatic heterocycles. The zero-order valence-corrected chi connectivity index (χ0v) is 17.1. The number of anilines is 1. The summed E-state index contributed by atoms with van der Waals surface area (Å²) < 4.78 is 14.0. The van der Waals surface area contributed by atoms with Gasteiger partial charge in [-0.1, -0.05) is 42.5 Å². The fraction of sp³-hybridized carbons (Fsp3) is 0.217. The van der Waals surface area contributed by atoms with Gasteiger partial charge in [0.1, 0.15) is 28.2 Å². The van der Waals surface area contributed by atoms with Crippen molar-refractivity contribution in [1.82, 2.24) is 9.88 Å². The number of nitriles is 1. The van der Waals surface area contributed by atoms with E-state index in [4.69, 9.17) is 0 Å². The molecule has 1 aliphatic rings. The first kappa shape index (κ1) is 20.1. The summed E-state index contributed by atoms with van der Waals surface area (Å²) in [6, 6.07) is 18.6. The molecular formula is C23H21FN4OS. The smallest absolute Gasteiger partial charge is 0.146 e. The quantitative estimate of drug-likeness (QED) is 0.484. The Morgan fingerprint density at radius 1 is 1.07 bits per heavy atom. The third-order valence-electron chi connectivity index (χ3n) is 5.13. The van der Waals surface area contributed by atoms with Gasteiger partial charge in [-0.25, -0.2) is 9.37 Å². The molecule has 3 aromatic rings. The first-order valence-corrected chi connectivity index (χ1v) is 10.6. The molecule has 0 aliphatic carbocycles. The Labute approximate surface area is 179 Å². The number of aromatic nitrogens is 1. The van der Waals surface area contributed by atoms with Crippen LogP contribution < -0.4 is 4.90 Å². The van der Waals surface area contributed by atoms with Crippen LogP contribution in [0.5, 0.6) is 0 Å². The number of allylic oxidation sites excluding steroid dienone is 1. The minimum atomic E-state index is -0.224. The van der Waals surface area contributed by atoms with Crippen LogP contribution in [0.15, 0.2) is 65.7 Å². The molecule has 4 rings (SSSR count). The molecule has 0 radical (unpaired) electrons. The second kappa shape index (κ2) is 9.08. The van der Waals surface area contributed by atoms with Gasteiger partial charge in [-0.3, -0.25) is 4.90 Å². The van der Waals surface area contributed by atoms with E-state index in [2.05, 4.69) is 16.0 Å². The number of para-hydroxylation sites is 1. The van der Waals surface area contributed by atoms with Gasteiger partial charge in [0.2, 0.25) is 0 Å². The number of rotatable bonds is 5. The number of thiazole rings is 1. The van der Waals surface area contributed by atoms with Crippen molar-refractivity contribution >= 4 is 22.6 Å². The van der Waals surface area contributed by atoms with Gasteiger partial charge in [-0.15, -0.1) is 11.3 Å². The van der Waals surface area contributed by atoms with E-state index < -0.39 is 0 Å². The van der Waals surface area contributed by atoms with Gasteiger partial charge in [0, 0.05) is 37.1 Å². The fourth-order valence-electron chi connectivity index (χ4n) is 3.51. The monoisotopic (exact) mass is 420 g/mol. The minimum Gasteiger partial charge on any atom is -0.509 e. The summed E-state index contributed by atoms with van der Waals surface area (Å²) in [5.41, 5.74) is 2.57. The predicted octanol–water partition coefficient (Wildman–Crippen LogP) is 4.56. The van der Waals surface area contributed by atoms with Gasteiger partial charge in [0.15, 0.2) is 0 Å². The summed E-state index contributed by atoms with van der Waals surface area (Å²) in [4.78, 5) is 8.61. The predicted molar refractivity (Wildman–Crippen MR) is 118 cm³/mol. The standard InChI is InChI=1S/C23H21FN4OS/c24-19-8-4-5-9-21(19)28-12-10-27(11-13-28)15-22(29)18(14-25)23-26-20(16-30-23)17-6-2-1-3-7-17/h1-9,16,29H,10-13,15H2/b22-18-. The van der Waals surface area contributed by atoms with E-state index in [0.717, 1.165) is 11.3 Å². The van der Waals surface area contributed by atoms with Crippen LogP contribution >= 0.6 is 11.3 Å². The van der Waals surface area contributed by atoms with E-state index in [1.807, 2.05) is 46.7 Å². The molecule has 152 valence electrons. The molecule has 0 amide bonds. The topological polar surface area (TPSA) is 63.4 Å². The molecule has 30 heavy (non-hydrogen) atoms. The molecule has 2 aromatic carbocycles. The molecule has 0 atom stereocenters. The molecule has 2 heterocycles. The number of halogens is 1. The average molecular weight is 421 g/mol. The van der Waals surface area contributed by atoms with Gasteiger partial charge >= 0.3 is 0 Å². The third kappa shape index (κ3) is 4.35. The molecule has 1 saturated heterocycles. The highest BCUT2D eigenvalue weighted by Gasteiger charge is 2.22. The van der Waals surface area contributed by atoms with E-state index in [1.54, 1.807) is 12.1 Å². The van der Waals surface area contributed by atoms with Gasteiger partial charge in [-0.2, -0.15) is 5.26 Å². The van der Waals surface area contributed by atoms with E-state index in [1.165, 1.54) is 17.4 Å². The molecule has 1 fully saturated rings. The number of piperazine rings is 1. The number of hydrogen-bond donors (Lipinski definition) is 1. The summed E-state index contributed by atoms with van der Waals surface area (Å²) in [5.74, 6) is -0.204. The maximum absolute atomic E-state index is 14.0. The molecular weight excluding hydrogens is 399 g/mol. The van der Waals surface area contributed by atoms with Crippen LogP contribution in [0.3, 0.4) is 0 Å². The summed E-state index contributed by atoms with van der Waals surface area (Å²) in [6.07, 6.45) is 0. The number of aliphatic hydroxyl groups excluding tert-OH is 1. The maximum atomic E-state index is 14.0. The van der Waals surface area contributed by atoms with Crippen LogP contribution in [0.2, 0.25) is 0 Å². The highest BCUT2D eigenvalue weighted by Crippen LogP contribution is 2.27. The summed E-state index contributed by atoms with van der Waals surface area (Å²) in [5, 5.41) is 22.6. The van der Waals surface area contributed by atoms with Crippen molar-refractivity contribution in [3.05, 3.63) is 76.6 Å². The van der Waals surface area contributed by atoms with Crippen molar-refractivity contribution in [2.75, 3.05) is 37.6 Å². The Morgan fingerprint density at radius 2 is 1.77 bits per heavy atom. The van der Waals surface area contributed by atoms with Crippen LogP contribution in [0.25, 0.3) is 16.8 Å². The Bertz CT molecular complexity index is 1080. The fourth-order valence-corrected chi connectivity index (χ4v) is 4.36. The van der Waals surface area contributed by atoms with Gasteiger partial charge in [0.25, 0.3) is 0 Å². The van der Waals surface area contributed by atoms with Crippen LogP contribution in [0.4, 0.5) is 10.1 Å². The normalized spacial score (nSPS) is 15.5. The van der Waals surface area contributed by atoms with Crippen molar-refractivity contribution in [3.8, 4) is 17.3 Å². The number of aliphatic hydroxyl groups is 1. The highest BCUT2D eigenvalue weighted by molar-refractivity contribution is 7.11. The van der Waals surface area contributed by atoms with Crippen LogP contribution in [0.1, 0.15) is 5.01 Å². The lowest BCUT2D eigenvalue weighted by molar-refractivity contribution is 0.238. The lowest BCUT2D eigenvalue weighted by Crippen LogP contribution is -2.47. The van der Waals surface area contributed by atoms with Crippen molar-refractivity contribution in [2.45, 2.75) is 0 Å². The lowest BCUT2D eigenvalue weighted by atomic mass is 10.2. The molecule has 1 N–H and O–H groups in total. The molecule has 0 bridgehead atoms. The molecule has 7 heteroatoms. The Balaban J connectivity index is 1.43. The Morgan fingerprint density at radius 3 is 2.47 bits per heavy atom. The van der Waals surface area contributed by atoms with E-state index in [0.29, 0.717) is 36.9 Å². The SMILES string of the molecule is N#C/C(=C(/O)CN1CCN(c2ccccc2F)CC1)c1nc(-c2ccccc2)cs1. The van der Waals surface area contributed by atoms with Gasteiger partial charge in [0.05, 0.1) is 17.9 Å². The van der Waals surface area contributed by atoms with Crippen molar-refractivity contribution in [1.29, 1.82) is 5.26 Å². The average Bonchev–Trinajstić information content (AvgIpc) is 3.26. The lowest BCUT2D eigenvalue weighted by Gasteiger charge is -2.36. The van der Waals surface area contributed by atoms with Crippen molar-refractivity contribution in [3.63, 3.8) is 0 Å². The first-order chi connectivity index (χ1) is 14.7. The summed E-state index contributed by atoms with van der Waals surface area (Å²) in [7, 11) is 0. The summed E-state index contributed by atoms with van der Waals surface area (Å²) >= 11 is 1.35. The van der Waals surface area contributed by atoms with E-state index in [9.17, 15) is 14.8 Å². The van der Waals surface area contributed by atoms with Crippen LogP contribution in [0, 0.1) is 17.1 Å². The second-order valence-corrected chi connectivity index (χ2v) is 7.91. The minimum absolute atomic E-state index is 0.0193. The van der Waals surface area contributed by atoms with Crippen LogP contribution in [-0.4, -0.2) is 47.7 Å². The highest BCUT2D eigenvalue weighted by atomic mass is 32.1. The Hall–Kier alpha value is -3.21. The molecule has 0 saturated carbocycles. The number of nitrogens with zero attached hydrogens (tertiary/aromatic N) is 4. The van der Waals surface area contributed by atoms with Crippen molar-refractivity contribution < 1.29 is 9.50 Å². The van der Waals surface area contributed by atoms with E-state index in [-0.39, 0.29) is 23.7 Å². The van der Waals surface area contributed by atoms with Gasteiger partial charge < -0.3 is 10.0 Å². The zero-order valence-electron chi connectivity index (χ0n) is 16.3. The van der Waals surface area contributed by atoms with Gasteiger partial charge in [-0.05, 0) is 12.1 Å². The molecule has 1 aliphatic heterocycles. The summed E-state index contributed by atoms with van der Waals surface area (Å²) in [6.45, 7) is 2.93. The first-order valence-electron chi connectivity index (χ1n) is 9.71. The third-order valence-corrected chi connectivity index (χ3v) is 5.99. The Kier molecular flexibility index (Phi) is 6.07. The maximum Gasteiger partial charge on any atom is 0.146 e. The number of hydrogen-bond acceptors (Lipinski definition) is 6. The number of benzene rings is 2. The van der Waals surface area contributed by atoms with E-state index >= 15 is 0 Å². The molecule has 0 unspecified atom stereocenters. The molecule has 5 nitrogen and oxygen atoms in total. The molecule has 0 spiro atoms. The zero-order chi connectivity index (χ0) is 20.9. The van der Waals surface area contributed by atoms with Crippen molar-refractivity contribution in [2.24, 2.45) is 0 Å².